The van der Waals surface area contributed by atoms with Gasteiger partial charge in [0.1, 0.15) is 11.3 Å². The minimum Gasteiger partial charge on any atom is -0.324 e. The average molecular weight is 463 g/mol. The highest BCUT2D eigenvalue weighted by Crippen LogP contribution is 2.33. The van der Waals surface area contributed by atoms with Crippen molar-refractivity contribution < 1.29 is 18.0 Å². The summed E-state index contributed by atoms with van der Waals surface area (Å²) in [4.78, 5) is 24.6. The van der Waals surface area contributed by atoms with Crippen molar-refractivity contribution in [1.82, 2.24) is 19.4 Å². The van der Waals surface area contributed by atoms with Gasteiger partial charge in [-0.3, -0.25) is 10.1 Å². The minimum atomic E-state index is -4.42. The van der Waals surface area contributed by atoms with Gasteiger partial charge in [-0.1, -0.05) is 37.6 Å². The standard InChI is InChI=1S/C25H20F3N5O/c1-2-5-18-8-4-9-22-29-21(14-33(18)22)23(34)32-24-30-19-11-10-16(13-20(19)31-24)15-6-3-7-17(12-15)25(26,27)28/h3-4,6-14H,2,5H2,1H3,(H2,30,31,32,34). The zero-order valence-electron chi connectivity index (χ0n) is 18.1. The van der Waals surface area contributed by atoms with E-state index in [2.05, 4.69) is 27.2 Å². The number of anilines is 1. The Labute approximate surface area is 192 Å². The number of alkyl halides is 3. The van der Waals surface area contributed by atoms with Crippen molar-refractivity contribution in [2.45, 2.75) is 25.9 Å². The molecule has 9 heteroatoms. The summed E-state index contributed by atoms with van der Waals surface area (Å²) in [7, 11) is 0. The number of H-pyrrole nitrogens is 1. The molecule has 3 aromatic heterocycles. The number of aryl methyl sites for hydroxylation is 1. The molecule has 2 N–H and O–H groups in total. The van der Waals surface area contributed by atoms with Gasteiger partial charge in [0, 0.05) is 11.9 Å². The van der Waals surface area contributed by atoms with Crippen LogP contribution < -0.4 is 5.32 Å². The Balaban J connectivity index is 1.41. The van der Waals surface area contributed by atoms with Gasteiger partial charge in [-0.05, 0) is 53.9 Å². The smallest absolute Gasteiger partial charge is 0.324 e. The third-order valence-corrected chi connectivity index (χ3v) is 5.55. The van der Waals surface area contributed by atoms with E-state index in [1.54, 1.807) is 30.5 Å². The molecular formula is C25H20F3N5O. The molecule has 0 atom stereocenters. The van der Waals surface area contributed by atoms with Crippen molar-refractivity contribution in [3.63, 3.8) is 0 Å². The first-order valence-corrected chi connectivity index (χ1v) is 10.8. The second kappa shape index (κ2) is 8.33. The number of nitrogens with zero attached hydrogens (tertiary/aromatic N) is 3. The van der Waals surface area contributed by atoms with Crippen molar-refractivity contribution >= 4 is 28.5 Å². The third kappa shape index (κ3) is 4.12. The Morgan fingerprint density at radius 1 is 1.03 bits per heavy atom. The normalized spacial score (nSPS) is 11.9. The second-order valence-corrected chi connectivity index (χ2v) is 7.97. The molecule has 3 heterocycles. The van der Waals surface area contributed by atoms with Crippen LogP contribution in [0.25, 0.3) is 27.8 Å². The van der Waals surface area contributed by atoms with Crippen LogP contribution in [0.15, 0.2) is 66.9 Å². The van der Waals surface area contributed by atoms with Gasteiger partial charge >= 0.3 is 6.18 Å². The van der Waals surface area contributed by atoms with Gasteiger partial charge in [0.15, 0.2) is 0 Å². The first kappa shape index (κ1) is 21.7. The number of rotatable bonds is 5. The number of pyridine rings is 1. The summed E-state index contributed by atoms with van der Waals surface area (Å²) >= 11 is 0. The number of hydrogen-bond acceptors (Lipinski definition) is 3. The van der Waals surface area contributed by atoms with Gasteiger partial charge in [0.2, 0.25) is 5.95 Å². The highest BCUT2D eigenvalue weighted by molar-refractivity contribution is 6.03. The van der Waals surface area contributed by atoms with Crippen LogP contribution in [0.3, 0.4) is 0 Å². The van der Waals surface area contributed by atoms with Crippen molar-refractivity contribution in [1.29, 1.82) is 0 Å². The van der Waals surface area contributed by atoms with Gasteiger partial charge in [0.05, 0.1) is 16.6 Å². The minimum absolute atomic E-state index is 0.229. The van der Waals surface area contributed by atoms with Gasteiger partial charge < -0.3 is 9.38 Å². The van der Waals surface area contributed by atoms with E-state index in [4.69, 9.17) is 0 Å². The van der Waals surface area contributed by atoms with E-state index in [0.717, 1.165) is 30.7 Å². The molecule has 2 aromatic carbocycles. The third-order valence-electron chi connectivity index (χ3n) is 5.55. The summed E-state index contributed by atoms with van der Waals surface area (Å²) in [6.07, 6.45) is -0.877. The highest BCUT2D eigenvalue weighted by Gasteiger charge is 2.30. The van der Waals surface area contributed by atoms with E-state index >= 15 is 0 Å². The van der Waals surface area contributed by atoms with Gasteiger partial charge in [0.25, 0.3) is 5.91 Å². The zero-order valence-corrected chi connectivity index (χ0v) is 18.1. The number of benzene rings is 2. The maximum Gasteiger partial charge on any atom is 0.416 e. The molecule has 1 amide bonds. The van der Waals surface area contributed by atoms with E-state index in [-0.39, 0.29) is 11.6 Å². The van der Waals surface area contributed by atoms with Crippen LogP contribution in [-0.2, 0) is 12.6 Å². The van der Waals surface area contributed by atoms with Crippen LogP contribution in [0.5, 0.6) is 0 Å². The molecule has 0 aliphatic carbocycles. The predicted octanol–water partition coefficient (Wildman–Crippen LogP) is 6.10. The first-order chi connectivity index (χ1) is 16.3. The monoisotopic (exact) mass is 463 g/mol. The molecule has 0 aliphatic heterocycles. The van der Waals surface area contributed by atoms with Crippen molar-refractivity contribution in [2.24, 2.45) is 0 Å². The number of nitrogens with one attached hydrogen (secondary N) is 2. The SMILES string of the molecule is CCCc1cccc2nc(C(=O)Nc3nc4ccc(-c5cccc(C(F)(F)F)c5)cc4[nH]3)cn12. The van der Waals surface area contributed by atoms with Crippen LogP contribution in [-0.4, -0.2) is 25.3 Å². The second-order valence-electron chi connectivity index (χ2n) is 7.97. The molecule has 0 aliphatic rings. The van der Waals surface area contributed by atoms with E-state index < -0.39 is 17.6 Å². The van der Waals surface area contributed by atoms with E-state index in [1.165, 1.54) is 6.07 Å². The summed E-state index contributed by atoms with van der Waals surface area (Å²) in [5, 5.41) is 2.72. The van der Waals surface area contributed by atoms with Crippen molar-refractivity contribution in [3.8, 4) is 11.1 Å². The Kier molecular flexibility index (Phi) is 5.31. The quantitative estimate of drug-likeness (QED) is 0.331. The number of halogens is 3. The Morgan fingerprint density at radius 3 is 2.62 bits per heavy atom. The number of carbonyl (C=O) groups is 1. The van der Waals surface area contributed by atoms with Gasteiger partial charge in [-0.15, -0.1) is 0 Å². The molecule has 5 aromatic rings. The van der Waals surface area contributed by atoms with Crippen LogP contribution in [0, 0.1) is 0 Å². The Bertz CT molecular complexity index is 1520. The van der Waals surface area contributed by atoms with Crippen LogP contribution in [0.2, 0.25) is 0 Å². The van der Waals surface area contributed by atoms with E-state index in [9.17, 15) is 18.0 Å². The first-order valence-electron chi connectivity index (χ1n) is 10.8. The maximum absolute atomic E-state index is 13.1. The lowest BCUT2D eigenvalue weighted by Gasteiger charge is -2.08. The molecule has 5 rings (SSSR count). The largest absolute Gasteiger partial charge is 0.416 e. The lowest BCUT2D eigenvalue weighted by atomic mass is 10.0. The van der Waals surface area contributed by atoms with Crippen LogP contribution >= 0.6 is 0 Å². The number of amides is 1. The molecular weight excluding hydrogens is 443 g/mol. The molecule has 34 heavy (non-hydrogen) atoms. The Hall–Kier alpha value is -4.14. The fraction of sp³-hybridized carbons (Fsp3) is 0.160. The predicted molar refractivity (Wildman–Crippen MR) is 124 cm³/mol. The average Bonchev–Trinajstić information content (AvgIpc) is 3.42. The summed E-state index contributed by atoms with van der Waals surface area (Å²) in [5.74, 6) is -0.185. The van der Waals surface area contributed by atoms with Crippen LogP contribution in [0.1, 0.15) is 35.1 Å². The molecule has 172 valence electrons. The lowest BCUT2D eigenvalue weighted by molar-refractivity contribution is -0.137. The lowest BCUT2D eigenvalue weighted by Crippen LogP contribution is -2.13. The van der Waals surface area contributed by atoms with Crippen LogP contribution in [0.4, 0.5) is 19.1 Å². The highest BCUT2D eigenvalue weighted by atomic mass is 19.4. The summed E-state index contributed by atoms with van der Waals surface area (Å²) in [6, 6.07) is 16.0. The molecule has 0 spiro atoms. The van der Waals surface area contributed by atoms with Gasteiger partial charge in [-0.2, -0.15) is 13.2 Å². The van der Waals surface area contributed by atoms with Crippen molar-refractivity contribution in [2.75, 3.05) is 5.32 Å². The number of carbonyl (C=O) groups excluding carboxylic acids is 1. The fourth-order valence-electron chi connectivity index (χ4n) is 3.93. The number of aromatic nitrogens is 4. The summed E-state index contributed by atoms with van der Waals surface area (Å²) < 4.78 is 41.1. The molecule has 6 nitrogen and oxygen atoms in total. The topological polar surface area (TPSA) is 75.1 Å². The van der Waals surface area contributed by atoms with E-state index in [0.29, 0.717) is 27.8 Å². The molecule has 0 saturated heterocycles. The summed E-state index contributed by atoms with van der Waals surface area (Å²) in [5.41, 5.74) is 3.50. The molecule has 0 unspecified atom stereocenters. The molecule has 0 fully saturated rings. The number of aromatic amines is 1. The number of imidazole rings is 2. The number of fused-ring (bicyclic) bond motifs is 2. The fourth-order valence-corrected chi connectivity index (χ4v) is 3.93. The Morgan fingerprint density at radius 2 is 1.82 bits per heavy atom. The maximum atomic E-state index is 13.1. The molecule has 0 radical (unpaired) electrons. The zero-order chi connectivity index (χ0) is 23.9. The van der Waals surface area contributed by atoms with Crippen molar-refractivity contribution in [3.05, 3.63) is 83.8 Å². The van der Waals surface area contributed by atoms with E-state index in [1.807, 2.05) is 22.6 Å². The molecule has 0 saturated carbocycles. The van der Waals surface area contributed by atoms with Gasteiger partial charge in [-0.25, -0.2) is 9.97 Å². The summed E-state index contributed by atoms with van der Waals surface area (Å²) in [6.45, 7) is 2.09. The number of hydrogen-bond donors (Lipinski definition) is 2. The molecule has 0 bridgehead atoms.